The monoisotopic (exact) mass is 239 g/mol. The molecule has 4 nitrogen and oxygen atoms in total. The molecule has 0 atom stereocenters. The van der Waals surface area contributed by atoms with Gasteiger partial charge >= 0.3 is 0 Å². The highest BCUT2D eigenvalue weighted by molar-refractivity contribution is 7.98. The number of rotatable bonds is 5. The van der Waals surface area contributed by atoms with Crippen LogP contribution in [0.15, 0.2) is 12.4 Å². The van der Waals surface area contributed by atoms with Crippen molar-refractivity contribution in [3.8, 4) is 0 Å². The minimum absolute atomic E-state index is 0.0345. The van der Waals surface area contributed by atoms with Crippen molar-refractivity contribution in [2.24, 2.45) is 0 Å². The SMILES string of the molecule is CCN(CCSC)C(=O)c1cncc(C)n1. The van der Waals surface area contributed by atoms with E-state index in [0.717, 1.165) is 18.0 Å². The first kappa shape index (κ1) is 13.0. The molecule has 0 unspecified atom stereocenters. The highest BCUT2D eigenvalue weighted by Gasteiger charge is 2.15. The maximum Gasteiger partial charge on any atom is 0.274 e. The summed E-state index contributed by atoms with van der Waals surface area (Å²) in [4.78, 5) is 22.0. The van der Waals surface area contributed by atoms with Crippen molar-refractivity contribution in [1.29, 1.82) is 0 Å². The Bertz CT molecular complexity index is 357. The fourth-order valence-corrected chi connectivity index (χ4v) is 1.74. The molecule has 1 aromatic heterocycles. The number of thioether (sulfide) groups is 1. The molecule has 1 heterocycles. The minimum atomic E-state index is -0.0345. The zero-order valence-corrected chi connectivity index (χ0v) is 10.8. The van der Waals surface area contributed by atoms with E-state index in [1.807, 2.05) is 20.1 Å². The Morgan fingerprint density at radius 1 is 1.50 bits per heavy atom. The second-order valence-corrected chi connectivity index (χ2v) is 4.41. The standard InChI is InChI=1S/C11H17N3OS/c1-4-14(5-6-16-3)11(15)10-8-12-7-9(2)13-10/h7-8H,4-6H2,1-3H3. The normalized spacial score (nSPS) is 10.2. The molecule has 0 bridgehead atoms. The van der Waals surface area contributed by atoms with E-state index in [2.05, 4.69) is 9.97 Å². The van der Waals surface area contributed by atoms with Crippen LogP contribution in [0.1, 0.15) is 23.1 Å². The maximum absolute atomic E-state index is 12.0. The van der Waals surface area contributed by atoms with Crippen LogP contribution in [0, 0.1) is 6.92 Å². The van der Waals surface area contributed by atoms with E-state index in [1.54, 1.807) is 22.9 Å². The molecule has 5 heteroatoms. The molecule has 0 N–H and O–H groups in total. The van der Waals surface area contributed by atoms with E-state index in [9.17, 15) is 4.79 Å². The topological polar surface area (TPSA) is 46.1 Å². The van der Waals surface area contributed by atoms with E-state index >= 15 is 0 Å². The zero-order chi connectivity index (χ0) is 12.0. The van der Waals surface area contributed by atoms with E-state index in [-0.39, 0.29) is 5.91 Å². The van der Waals surface area contributed by atoms with Crippen molar-refractivity contribution >= 4 is 17.7 Å². The van der Waals surface area contributed by atoms with Crippen LogP contribution < -0.4 is 0 Å². The molecule has 16 heavy (non-hydrogen) atoms. The first-order chi connectivity index (χ1) is 7.69. The third-order valence-electron chi connectivity index (χ3n) is 2.21. The summed E-state index contributed by atoms with van der Waals surface area (Å²) in [7, 11) is 0. The first-order valence-corrected chi connectivity index (χ1v) is 6.65. The van der Waals surface area contributed by atoms with Crippen molar-refractivity contribution < 1.29 is 4.79 Å². The van der Waals surface area contributed by atoms with Gasteiger partial charge in [0.2, 0.25) is 0 Å². The molecule has 0 radical (unpaired) electrons. The third kappa shape index (κ3) is 3.48. The van der Waals surface area contributed by atoms with Crippen LogP contribution in [0.5, 0.6) is 0 Å². The van der Waals surface area contributed by atoms with Gasteiger partial charge in [0.15, 0.2) is 0 Å². The first-order valence-electron chi connectivity index (χ1n) is 5.26. The minimum Gasteiger partial charge on any atom is -0.337 e. The zero-order valence-electron chi connectivity index (χ0n) is 9.93. The van der Waals surface area contributed by atoms with Gasteiger partial charge in [0.1, 0.15) is 5.69 Å². The fourth-order valence-electron chi connectivity index (χ4n) is 1.33. The third-order valence-corrected chi connectivity index (χ3v) is 2.80. The molecule has 1 rings (SSSR count). The number of nitrogens with zero attached hydrogens (tertiary/aromatic N) is 3. The average molecular weight is 239 g/mol. The predicted octanol–water partition coefficient (Wildman–Crippen LogP) is 1.61. The lowest BCUT2D eigenvalue weighted by Gasteiger charge is -2.19. The maximum atomic E-state index is 12.0. The lowest BCUT2D eigenvalue weighted by atomic mass is 10.3. The second-order valence-electron chi connectivity index (χ2n) is 3.42. The number of hydrogen-bond acceptors (Lipinski definition) is 4. The number of aryl methyl sites for hydroxylation is 1. The van der Waals surface area contributed by atoms with Gasteiger partial charge in [-0.2, -0.15) is 11.8 Å². The molecular formula is C11H17N3OS. The van der Waals surface area contributed by atoms with Crippen LogP contribution in [0.2, 0.25) is 0 Å². The quantitative estimate of drug-likeness (QED) is 0.783. The summed E-state index contributed by atoms with van der Waals surface area (Å²) in [6.45, 7) is 5.27. The van der Waals surface area contributed by atoms with Crippen molar-refractivity contribution in [3.63, 3.8) is 0 Å². The Hall–Kier alpha value is -1.10. The number of hydrogen-bond donors (Lipinski definition) is 0. The Morgan fingerprint density at radius 3 is 2.81 bits per heavy atom. The Kier molecular flexibility index (Phi) is 5.25. The molecule has 1 aromatic rings. The second kappa shape index (κ2) is 6.48. The van der Waals surface area contributed by atoms with Crippen molar-refractivity contribution in [1.82, 2.24) is 14.9 Å². The van der Waals surface area contributed by atoms with E-state index in [1.165, 1.54) is 6.20 Å². The molecule has 0 saturated heterocycles. The molecule has 88 valence electrons. The van der Waals surface area contributed by atoms with Crippen LogP contribution in [0.4, 0.5) is 0 Å². The van der Waals surface area contributed by atoms with Gasteiger partial charge < -0.3 is 4.90 Å². The summed E-state index contributed by atoms with van der Waals surface area (Å²) in [5.74, 6) is 0.909. The summed E-state index contributed by atoms with van der Waals surface area (Å²) in [5, 5.41) is 0. The van der Waals surface area contributed by atoms with Crippen molar-refractivity contribution in [3.05, 3.63) is 23.8 Å². The molecular weight excluding hydrogens is 222 g/mol. The van der Waals surface area contributed by atoms with E-state index in [0.29, 0.717) is 12.2 Å². The number of carbonyl (C=O) groups excluding carboxylic acids is 1. The van der Waals surface area contributed by atoms with Gasteiger partial charge in [0.25, 0.3) is 5.91 Å². The molecule has 1 amide bonds. The van der Waals surface area contributed by atoms with E-state index in [4.69, 9.17) is 0 Å². The number of amides is 1. The van der Waals surface area contributed by atoms with Crippen molar-refractivity contribution in [2.75, 3.05) is 25.1 Å². The lowest BCUT2D eigenvalue weighted by molar-refractivity contribution is 0.0768. The highest BCUT2D eigenvalue weighted by atomic mass is 32.2. The molecule has 0 aliphatic heterocycles. The fraction of sp³-hybridized carbons (Fsp3) is 0.545. The molecule has 0 saturated carbocycles. The van der Waals surface area contributed by atoms with Crippen molar-refractivity contribution in [2.45, 2.75) is 13.8 Å². The van der Waals surface area contributed by atoms with Crippen LogP contribution in [-0.2, 0) is 0 Å². The highest BCUT2D eigenvalue weighted by Crippen LogP contribution is 2.03. The van der Waals surface area contributed by atoms with Crippen LogP contribution in [0.25, 0.3) is 0 Å². The van der Waals surface area contributed by atoms with Crippen LogP contribution >= 0.6 is 11.8 Å². The molecule has 0 fully saturated rings. The van der Waals surface area contributed by atoms with Gasteiger partial charge in [-0.3, -0.25) is 9.78 Å². The Morgan fingerprint density at radius 2 is 2.25 bits per heavy atom. The molecule has 0 aliphatic rings. The molecule has 0 spiro atoms. The lowest BCUT2D eigenvalue weighted by Crippen LogP contribution is -2.33. The predicted molar refractivity (Wildman–Crippen MR) is 66.7 cm³/mol. The smallest absolute Gasteiger partial charge is 0.274 e. The summed E-state index contributed by atoms with van der Waals surface area (Å²) in [6, 6.07) is 0. The summed E-state index contributed by atoms with van der Waals surface area (Å²) >= 11 is 1.73. The summed E-state index contributed by atoms with van der Waals surface area (Å²) < 4.78 is 0. The largest absolute Gasteiger partial charge is 0.337 e. The van der Waals surface area contributed by atoms with Gasteiger partial charge in [0, 0.05) is 25.0 Å². The van der Waals surface area contributed by atoms with Gasteiger partial charge in [0.05, 0.1) is 11.9 Å². The molecule has 0 aromatic carbocycles. The Labute approximate surface area is 100 Å². The van der Waals surface area contributed by atoms with Gasteiger partial charge in [-0.15, -0.1) is 0 Å². The van der Waals surface area contributed by atoms with Crippen LogP contribution in [0.3, 0.4) is 0 Å². The molecule has 0 aliphatic carbocycles. The summed E-state index contributed by atoms with van der Waals surface area (Å²) in [6.07, 6.45) is 5.21. The number of carbonyl (C=O) groups is 1. The van der Waals surface area contributed by atoms with Gasteiger partial charge in [-0.1, -0.05) is 0 Å². The summed E-state index contributed by atoms with van der Waals surface area (Å²) in [5.41, 5.74) is 1.20. The van der Waals surface area contributed by atoms with Gasteiger partial charge in [-0.25, -0.2) is 4.98 Å². The Balaban J connectivity index is 2.74. The van der Waals surface area contributed by atoms with E-state index < -0.39 is 0 Å². The van der Waals surface area contributed by atoms with Gasteiger partial charge in [-0.05, 0) is 20.1 Å². The van der Waals surface area contributed by atoms with Crippen LogP contribution in [-0.4, -0.2) is 45.9 Å². The number of aromatic nitrogens is 2. The average Bonchev–Trinajstić information content (AvgIpc) is 2.29.